The second-order valence-electron chi connectivity index (χ2n) is 10.4. The second-order valence-corrected chi connectivity index (χ2v) is 11.5. The summed E-state index contributed by atoms with van der Waals surface area (Å²) in [5.41, 5.74) is 1.71. The number of esters is 1. The number of aryl methyl sites for hydroxylation is 1. The molecule has 0 bridgehead atoms. The molecule has 0 aromatic carbocycles. The molecule has 1 aromatic rings. The van der Waals surface area contributed by atoms with Crippen molar-refractivity contribution in [3.8, 4) is 0 Å². The van der Waals surface area contributed by atoms with Crippen LogP contribution in [0, 0.1) is 24.2 Å². The van der Waals surface area contributed by atoms with Gasteiger partial charge in [-0.1, -0.05) is 39.3 Å². The van der Waals surface area contributed by atoms with E-state index in [1.54, 1.807) is 32.1 Å². The number of allylic oxidation sites excluding steroid dienone is 1. The molecule has 1 aromatic heterocycles. The van der Waals surface area contributed by atoms with Gasteiger partial charge in [-0.2, -0.15) is 0 Å². The highest BCUT2D eigenvalue weighted by atomic mass is 32.1. The minimum Gasteiger partial charge on any atom is -0.457 e. The third kappa shape index (κ3) is 7.59. The van der Waals surface area contributed by atoms with Crippen molar-refractivity contribution in [1.29, 1.82) is 0 Å². The lowest BCUT2D eigenvalue weighted by molar-refractivity contribution is -0.154. The number of rotatable bonds is 2. The predicted molar refractivity (Wildman–Crippen MR) is 136 cm³/mol. The van der Waals surface area contributed by atoms with Crippen molar-refractivity contribution in [3.05, 3.63) is 33.3 Å². The van der Waals surface area contributed by atoms with E-state index in [2.05, 4.69) is 18.0 Å². The molecule has 0 spiro atoms. The van der Waals surface area contributed by atoms with Crippen LogP contribution >= 0.6 is 11.3 Å². The van der Waals surface area contributed by atoms with Crippen LogP contribution in [-0.2, 0) is 14.3 Å². The standard InChI is InChI=1S/C27H41NO5S/c1-16-9-8-10-17(2)25(31)19(4)26(32)27(6,7)23(29)14-24(30)33-22(12-11-16)18(3)13-21-15-34-20(5)28-21/h11,13,15,17,19,22-23,25,29,31H,8-10,12,14H2,1-7H3/b16-11+,18-13+/t17-,19-,22-,23-,25+/m0/s1. The number of carbonyl (C=O) groups excluding carboxylic acids is 2. The Labute approximate surface area is 208 Å². The number of thiazole rings is 1. The Bertz CT molecular complexity index is 916. The molecule has 6 nitrogen and oxygen atoms in total. The number of ether oxygens (including phenoxy) is 1. The van der Waals surface area contributed by atoms with Gasteiger partial charge in [0.15, 0.2) is 0 Å². The lowest BCUT2D eigenvalue weighted by Gasteiger charge is -2.34. The molecule has 190 valence electrons. The van der Waals surface area contributed by atoms with Crippen molar-refractivity contribution in [2.45, 2.75) is 98.9 Å². The number of Topliss-reactive ketones (excluding diaryl/α,β-unsaturated/α-hetero) is 1. The summed E-state index contributed by atoms with van der Waals surface area (Å²) in [4.78, 5) is 30.5. The van der Waals surface area contributed by atoms with Crippen LogP contribution in [0.25, 0.3) is 6.08 Å². The number of cyclic esters (lactones) is 1. The van der Waals surface area contributed by atoms with Crippen LogP contribution in [0.1, 0.15) is 84.3 Å². The van der Waals surface area contributed by atoms with Crippen LogP contribution in [0.4, 0.5) is 0 Å². The Kier molecular flexibility index (Phi) is 10.2. The smallest absolute Gasteiger partial charge is 0.309 e. The molecule has 0 aliphatic carbocycles. The Morgan fingerprint density at radius 2 is 1.91 bits per heavy atom. The van der Waals surface area contributed by atoms with Crippen molar-refractivity contribution in [2.75, 3.05) is 0 Å². The number of aliphatic hydroxyl groups is 2. The van der Waals surface area contributed by atoms with Gasteiger partial charge in [0.25, 0.3) is 0 Å². The van der Waals surface area contributed by atoms with Crippen LogP contribution in [0.5, 0.6) is 0 Å². The van der Waals surface area contributed by atoms with Crippen molar-refractivity contribution >= 4 is 29.2 Å². The zero-order valence-electron chi connectivity index (χ0n) is 21.6. The third-order valence-corrected chi connectivity index (χ3v) is 7.83. The summed E-state index contributed by atoms with van der Waals surface area (Å²) in [6.45, 7) is 12.8. The summed E-state index contributed by atoms with van der Waals surface area (Å²) >= 11 is 1.56. The highest BCUT2D eigenvalue weighted by molar-refractivity contribution is 7.09. The molecular weight excluding hydrogens is 450 g/mol. The molecule has 34 heavy (non-hydrogen) atoms. The van der Waals surface area contributed by atoms with Gasteiger partial charge in [0.1, 0.15) is 11.9 Å². The molecule has 0 saturated heterocycles. The summed E-state index contributed by atoms with van der Waals surface area (Å²) in [6.07, 6.45) is 4.33. The van der Waals surface area contributed by atoms with Gasteiger partial charge < -0.3 is 14.9 Å². The van der Waals surface area contributed by atoms with Crippen LogP contribution in [0.2, 0.25) is 0 Å². The zero-order valence-corrected chi connectivity index (χ0v) is 22.4. The first kappa shape index (κ1) is 28.4. The number of nitrogens with zero attached hydrogens (tertiary/aromatic N) is 1. The Morgan fingerprint density at radius 3 is 2.53 bits per heavy atom. The van der Waals surface area contributed by atoms with Gasteiger partial charge >= 0.3 is 5.97 Å². The molecule has 0 saturated carbocycles. The largest absolute Gasteiger partial charge is 0.457 e. The molecule has 2 rings (SSSR count). The van der Waals surface area contributed by atoms with Gasteiger partial charge in [-0.15, -0.1) is 11.3 Å². The number of hydrogen-bond acceptors (Lipinski definition) is 7. The molecule has 0 fully saturated rings. The van der Waals surface area contributed by atoms with Gasteiger partial charge in [0, 0.05) is 17.7 Å². The first-order valence-corrected chi connectivity index (χ1v) is 13.1. The van der Waals surface area contributed by atoms with E-state index < -0.39 is 35.6 Å². The van der Waals surface area contributed by atoms with E-state index in [4.69, 9.17) is 4.74 Å². The number of hydrogen-bond donors (Lipinski definition) is 2. The van der Waals surface area contributed by atoms with Crippen molar-refractivity contribution in [3.63, 3.8) is 0 Å². The lowest BCUT2D eigenvalue weighted by atomic mass is 9.73. The Balaban J connectivity index is 2.33. The van der Waals surface area contributed by atoms with Crippen molar-refractivity contribution in [1.82, 2.24) is 4.98 Å². The Hall–Kier alpha value is -1.83. The molecular formula is C27H41NO5S. The summed E-state index contributed by atoms with van der Waals surface area (Å²) < 4.78 is 5.81. The average molecular weight is 492 g/mol. The first-order valence-electron chi connectivity index (χ1n) is 12.2. The fourth-order valence-electron chi connectivity index (χ4n) is 4.40. The second kappa shape index (κ2) is 12.2. The van der Waals surface area contributed by atoms with Crippen molar-refractivity contribution in [2.24, 2.45) is 17.3 Å². The summed E-state index contributed by atoms with van der Waals surface area (Å²) in [5.74, 6) is -1.49. The molecule has 2 heterocycles. The number of aliphatic hydroxyl groups excluding tert-OH is 2. The normalized spacial score (nSPS) is 32.1. The van der Waals surface area contributed by atoms with E-state index in [1.807, 2.05) is 32.2 Å². The SMILES string of the molecule is C/C1=C\C[C@@H](/C(C)=C/c2csc(C)n2)OC(=O)C[C@H](O)C(C)(C)C(=O)[C@@H](C)[C@H](O)[C@@H](C)CCC1. The first-order chi connectivity index (χ1) is 15.8. The summed E-state index contributed by atoms with van der Waals surface area (Å²) in [7, 11) is 0. The molecule has 2 N–H and O–H groups in total. The van der Waals surface area contributed by atoms with E-state index in [-0.39, 0.29) is 18.1 Å². The average Bonchev–Trinajstić information content (AvgIpc) is 3.18. The molecule has 0 amide bonds. The third-order valence-electron chi connectivity index (χ3n) is 7.04. The maximum Gasteiger partial charge on any atom is 0.309 e. The zero-order chi connectivity index (χ0) is 25.6. The van der Waals surface area contributed by atoms with Gasteiger partial charge in [0.2, 0.25) is 0 Å². The Morgan fingerprint density at radius 1 is 1.24 bits per heavy atom. The topological polar surface area (TPSA) is 96.7 Å². The minimum atomic E-state index is -1.21. The molecule has 0 radical (unpaired) electrons. The van der Waals surface area contributed by atoms with Gasteiger partial charge in [-0.25, -0.2) is 4.98 Å². The number of carbonyl (C=O) groups is 2. The molecule has 5 atom stereocenters. The van der Waals surface area contributed by atoms with E-state index >= 15 is 0 Å². The highest BCUT2D eigenvalue weighted by Gasteiger charge is 2.42. The fraction of sp³-hybridized carbons (Fsp3) is 0.667. The van der Waals surface area contributed by atoms with Gasteiger partial charge in [-0.05, 0) is 57.6 Å². The quantitative estimate of drug-likeness (QED) is 0.432. The highest BCUT2D eigenvalue weighted by Crippen LogP contribution is 2.32. The number of ketones is 1. The maximum absolute atomic E-state index is 13.2. The van der Waals surface area contributed by atoms with Gasteiger partial charge in [0.05, 0.1) is 34.7 Å². The molecule has 1 aliphatic rings. The van der Waals surface area contributed by atoms with E-state index in [9.17, 15) is 19.8 Å². The van der Waals surface area contributed by atoms with E-state index in [0.29, 0.717) is 6.42 Å². The predicted octanol–water partition coefficient (Wildman–Crippen LogP) is 5.27. The summed E-state index contributed by atoms with van der Waals surface area (Å²) in [5, 5.41) is 24.5. The van der Waals surface area contributed by atoms with Crippen LogP contribution < -0.4 is 0 Å². The lowest BCUT2D eigenvalue weighted by Crippen LogP contribution is -2.45. The monoisotopic (exact) mass is 491 g/mol. The van der Waals surface area contributed by atoms with Crippen LogP contribution in [0.3, 0.4) is 0 Å². The van der Waals surface area contributed by atoms with Crippen LogP contribution in [-0.4, -0.2) is 45.3 Å². The van der Waals surface area contributed by atoms with Crippen molar-refractivity contribution < 1.29 is 24.5 Å². The minimum absolute atomic E-state index is 0.0444. The van der Waals surface area contributed by atoms with Crippen LogP contribution in [0.15, 0.2) is 22.6 Å². The van der Waals surface area contributed by atoms with Gasteiger partial charge in [-0.3, -0.25) is 9.59 Å². The molecule has 0 unspecified atom stereocenters. The summed E-state index contributed by atoms with van der Waals surface area (Å²) in [6, 6.07) is 0. The maximum atomic E-state index is 13.2. The molecule has 7 heteroatoms. The fourth-order valence-corrected chi connectivity index (χ4v) is 4.97. The molecule has 1 aliphatic heterocycles. The number of aromatic nitrogens is 1. The van der Waals surface area contributed by atoms with E-state index in [0.717, 1.165) is 35.5 Å². The van der Waals surface area contributed by atoms with E-state index in [1.165, 1.54) is 5.57 Å².